The Labute approximate surface area is 128 Å². The van der Waals surface area contributed by atoms with Crippen LogP contribution >= 0.6 is 0 Å². The maximum absolute atomic E-state index is 12.0. The van der Waals surface area contributed by atoms with Gasteiger partial charge in [-0.05, 0) is 43.7 Å². The highest BCUT2D eigenvalue weighted by Crippen LogP contribution is 2.18. The first kappa shape index (κ1) is 15.6. The molecule has 0 aliphatic heterocycles. The van der Waals surface area contributed by atoms with Crippen LogP contribution in [0.2, 0.25) is 0 Å². The maximum atomic E-state index is 12.0. The number of aromatic hydroxyl groups is 1. The van der Waals surface area contributed by atoms with Crippen molar-refractivity contribution < 1.29 is 19.4 Å². The highest BCUT2D eigenvalue weighted by atomic mass is 16.5. The molecule has 2 aromatic carbocycles. The first-order valence-electron chi connectivity index (χ1n) is 6.84. The lowest BCUT2D eigenvalue weighted by Gasteiger charge is -2.13. The van der Waals surface area contributed by atoms with Gasteiger partial charge in [0, 0.05) is 5.69 Å². The van der Waals surface area contributed by atoms with Gasteiger partial charge in [-0.3, -0.25) is 4.79 Å². The Morgan fingerprint density at radius 2 is 1.82 bits per heavy atom. The van der Waals surface area contributed by atoms with Crippen molar-refractivity contribution in [3.05, 3.63) is 59.7 Å². The van der Waals surface area contributed by atoms with Crippen molar-refractivity contribution in [3.8, 4) is 5.75 Å². The fourth-order valence-electron chi connectivity index (χ4n) is 1.78. The molecule has 5 heteroatoms. The monoisotopic (exact) mass is 299 g/mol. The number of aryl methyl sites for hydroxylation is 1. The summed E-state index contributed by atoms with van der Waals surface area (Å²) >= 11 is 0. The molecule has 0 heterocycles. The van der Waals surface area contributed by atoms with E-state index in [-0.39, 0.29) is 11.3 Å². The number of hydrogen-bond acceptors (Lipinski definition) is 4. The van der Waals surface area contributed by atoms with Crippen LogP contribution in [0.5, 0.6) is 5.75 Å². The molecule has 0 saturated heterocycles. The van der Waals surface area contributed by atoms with Crippen LogP contribution in [0.1, 0.15) is 22.8 Å². The average Bonchev–Trinajstić information content (AvgIpc) is 2.50. The molecular formula is C17H17NO4. The quantitative estimate of drug-likeness (QED) is 0.851. The molecule has 0 spiro atoms. The summed E-state index contributed by atoms with van der Waals surface area (Å²) in [7, 11) is 0. The number of para-hydroxylation sites is 1. The molecule has 0 saturated carbocycles. The number of rotatable bonds is 4. The summed E-state index contributed by atoms with van der Waals surface area (Å²) in [6.07, 6.45) is -0.948. The fourth-order valence-corrected chi connectivity index (χ4v) is 1.78. The van der Waals surface area contributed by atoms with Gasteiger partial charge in [0.15, 0.2) is 6.10 Å². The molecular weight excluding hydrogens is 282 g/mol. The lowest BCUT2D eigenvalue weighted by atomic mass is 10.1. The van der Waals surface area contributed by atoms with Gasteiger partial charge in [0.2, 0.25) is 0 Å². The van der Waals surface area contributed by atoms with E-state index in [1.165, 1.54) is 13.0 Å². The standard InChI is InChI=1S/C17H17NO4/c1-11-8-9-13(10-15(11)19)17(21)22-12(2)16(20)18-14-6-4-3-5-7-14/h3-10,12,19H,1-2H3,(H,18,20)/t12-/m1/s1. The number of benzene rings is 2. The minimum absolute atomic E-state index is 0.0100. The van der Waals surface area contributed by atoms with Gasteiger partial charge in [-0.2, -0.15) is 0 Å². The van der Waals surface area contributed by atoms with Crippen molar-refractivity contribution in [2.24, 2.45) is 0 Å². The van der Waals surface area contributed by atoms with Gasteiger partial charge in [0.1, 0.15) is 5.75 Å². The molecule has 22 heavy (non-hydrogen) atoms. The summed E-state index contributed by atoms with van der Waals surface area (Å²) in [6, 6.07) is 13.4. The smallest absolute Gasteiger partial charge is 0.339 e. The molecule has 0 aliphatic carbocycles. The summed E-state index contributed by atoms with van der Waals surface area (Å²) in [5, 5.41) is 12.3. The fraction of sp³-hybridized carbons (Fsp3) is 0.176. The number of esters is 1. The average molecular weight is 299 g/mol. The van der Waals surface area contributed by atoms with Crippen molar-refractivity contribution in [2.45, 2.75) is 20.0 Å². The summed E-state index contributed by atoms with van der Waals surface area (Å²) in [4.78, 5) is 23.9. The van der Waals surface area contributed by atoms with Crippen molar-refractivity contribution in [3.63, 3.8) is 0 Å². The van der Waals surface area contributed by atoms with Crippen LogP contribution in [0.4, 0.5) is 5.69 Å². The molecule has 0 fully saturated rings. The van der Waals surface area contributed by atoms with Crippen LogP contribution in [0.15, 0.2) is 48.5 Å². The number of carbonyl (C=O) groups is 2. The molecule has 2 rings (SSSR count). The highest BCUT2D eigenvalue weighted by molar-refractivity contribution is 5.97. The molecule has 2 N–H and O–H groups in total. The number of phenols is 1. The van der Waals surface area contributed by atoms with Gasteiger partial charge in [0.05, 0.1) is 5.56 Å². The molecule has 5 nitrogen and oxygen atoms in total. The zero-order valence-corrected chi connectivity index (χ0v) is 12.4. The third-order valence-electron chi connectivity index (χ3n) is 3.14. The molecule has 1 amide bonds. The lowest BCUT2D eigenvalue weighted by molar-refractivity contribution is -0.123. The molecule has 0 aliphatic rings. The van der Waals surface area contributed by atoms with Crippen molar-refractivity contribution in [1.29, 1.82) is 0 Å². The zero-order chi connectivity index (χ0) is 16.1. The number of ether oxygens (including phenoxy) is 1. The minimum Gasteiger partial charge on any atom is -0.508 e. The summed E-state index contributed by atoms with van der Waals surface area (Å²) in [6.45, 7) is 3.21. The van der Waals surface area contributed by atoms with Gasteiger partial charge in [-0.15, -0.1) is 0 Å². The van der Waals surface area contributed by atoms with Gasteiger partial charge in [0.25, 0.3) is 5.91 Å². The summed E-state index contributed by atoms with van der Waals surface area (Å²) in [5.74, 6) is -1.07. The molecule has 0 unspecified atom stereocenters. The Balaban J connectivity index is 1.98. The van der Waals surface area contributed by atoms with E-state index in [2.05, 4.69) is 5.32 Å². The third kappa shape index (κ3) is 3.85. The Morgan fingerprint density at radius 3 is 2.45 bits per heavy atom. The molecule has 114 valence electrons. The molecule has 0 radical (unpaired) electrons. The number of nitrogens with one attached hydrogen (secondary N) is 1. The van der Waals surface area contributed by atoms with Crippen molar-refractivity contribution in [1.82, 2.24) is 0 Å². The number of anilines is 1. The van der Waals surface area contributed by atoms with E-state index >= 15 is 0 Å². The lowest BCUT2D eigenvalue weighted by Crippen LogP contribution is -2.29. The number of carbonyl (C=O) groups excluding carboxylic acids is 2. The second kappa shape index (κ2) is 6.76. The van der Waals surface area contributed by atoms with E-state index in [4.69, 9.17) is 4.74 Å². The number of phenolic OH excluding ortho intramolecular Hbond substituents is 1. The second-order valence-corrected chi connectivity index (χ2v) is 4.90. The highest BCUT2D eigenvalue weighted by Gasteiger charge is 2.19. The molecule has 0 bridgehead atoms. The number of amides is 1. The van der Waals surface area contributed by atoms with E-state index in [9.17, 15) is 14.7 Å². The molecule has 0 aromatic heterocycles. The minimum atomic E-state index is -0.948. The summed E-state index contributed by atoms with van der Waals surface area (Å²) < 4.78 is 5.10. The maximum Gasteiger partial charge on any atom is 0.339 e. The topological polar surface area (TPSA) is 75.6 Å². The first-order chi connectivity index (χ1) is 10.5. The van der Waals surface area contributed by atoms with Gasteiger partial charge < -0.3 is 15.2 Å². The van der Waals surface area contributed by atoms with Gasteiger partial charge in [-0.1, -0.05) is 24.3 Å². The Kier molecular flexibility index (Phi) is 4.78. The van der Waals surface area contributed by atoms with Crippen LogP contribution in [0, 0.1) is 6.92 Å². The van der Waals surface area contributed by atoms with E-state index in [0.717, 1.165) is 0 Å². The van der Waals surface area contributed by atoms with Crippen LogP contribution in [-0.2, 0) is 9.53 Å². The van der Waals surface area contributed by atoms with E-state index in [0.29, 0.717) is 11.3 Å². The third-order valence-corrected chi connectivity index (χ3v) is 3.14. The van der Waals surface area contributed by atoms with E-state index in [1.54, 1.807) is 43.3 Å². The normalized spacial score (nSPS) is 11.5. The van der Waals surface area contributed by atoms with Crippen molar-refractivity contribution in [2.75, 3.05) is 5.32 Å². The molecule has 1 atom stereocenters. The van der Waals surface area contributed by atoms with Crippen LogP contribution in [0.25, 0.3) is 0 Å². The Hall–Kier alpha value is -2.82. The molecule has 2 aromatic rings. The van der Waals surface area contributed by atoms with Crippen LogP contribution in [0.3, 0.4) is 0 Å². The zero-order valence-electron chi connectivity index (χ0n) is 12.4. The predicted octanol–water partition coefficient (Wildman–Crippen LogP) is 2.88. The SMILES string of the molecule is Cc1ccc(C(=O)O[C@H](C)C(=O)Nc2ccccc2)cc1O. The van der Waals surface area contributed by atoms with Gasteiger partial charge in [-0.25, -0.2) is 4.79 Å². The first-order valence-corrected chi connectivity index (χ1v) is 6.84. The Morgan fingerprint density at radius 1 is 1.14 bits per heavy atom. The van der Waals surface area contributed by atoms with Crippen LogP contribution < -0.4 is 5.32 Å². The largest absolute Gasteiger partial charge is 0.508 e. The van der Waals surface area contributed by atoms with Crippen molar-refractivity contribution >= 4 is 17.6 Å². The predicted molar refractivity (Wildman–Crippen MR) is 82.8 cm³/mol. The Bertz CT molecular complexity index is 682. The van der Waals surface area contributed by atoms with Crippen LogP contribution in [-0.4, -0.2) is 23.1 Å². The summed E-state index contributed by atoms with van der Waals surface area (Å²) in [5.41, 5.74) is 1.48. The van der Waals surface area contributed by atoms with E-state index < -0.39 is 18.0 Å². The van der Waals surface area contributed by atoms with Gasteiger partial charge >= 0.3 is 5.97 Å². The number of hydrogen-bond donors (Lipinski definition) is 2. The second-order valence-electron chi connectivity index (χ2n) is 4.90. The van der Waals surface area contributed by atoms with E-state index in [1.807, 2.05) is 6.07 Å².